The number of carbonyl (C=O) groups excluding carboxylic acids is 1. The smallest absolute Gasteiger partial charge is 0.261 e. The van der Waals surface area contributed by atoms with Crippen molar-refractivity contribution in [3.05, 3.63) is 23.2 Å². The molecule has 1 rings (SSSR count). The number of ether oxygens (including phenoxy) is 1. The average molecular weight is 265 g/mol. The average Bonchev–Trinajstić information content (AvgIpc) is 2.23. The van der Waals surface area contributed by atoms with Crippen LogP contribution in [-0.2, 0) is 9.53 Å². The van der Waals surface area contributed by atoms with E-state index in [1.54, 1.807) is 6.07 Å². The molecule has 1 amide bonds. The van der Waals surface area contributed by atoms with Crippen LogP contribution in [0.15, 0.2) is 18.2 Å². The van der Waals surface area contributed by atoms with E-state index in [9.17, 15) is 13.6 Å². The third kappa shape index (κ3) is 4.97. The number of nitrogens with two attached hydrogens (primary N) is 1. The molecular formula is C10H11ClF2N2O2. The lowest BCUT2D eigenvalue weighted by Crippen LogP contribution is -2.20. The highest BCUT2D eigenvalue weighted by atomic mass is 35.5. The van der Waals surface area contributed by atoms with Gasteiger partial charge in [0.2, 0.25) is 5.91 Å². The Labute approximate surface area is 102 Å². The van der Waals surface area contributed by atoms with Gasteiger partial charge in [0.1, 0.15) is 13.2 Å². The molecule has 94 valence electrons. The summed E-state index contributed by atoms with van der Waals surface area (Å²) >= 11 is 5.69. The van der Waals surface area contributed by atoms with Gasteiger partial charge in [-0.25, -0.2) is 8.78 Å². The van der Waals surface area contributed by atoms with Gasteiger partial charge >= 0.3 is 0 Å². The summed E-state index contributed by atoms with van der Waals surface area (Å²) in [5.41, 5.74) is 6.27. The maximum absolute atomic E-state index is 11.7. The molecule has 0 bridgehead atoms. The van der Waals surface area contributed by atoms with Crippen molar-refractivity contribution in [2.45, 2.75) is 6.43 Å². The normalized spacial score (nSPS) is 10.6. The van der Waals surface area contributed by atoms with Crippen molar-refractivity contribution < 1.29 is 18.3 Å². The lowest BCUT2D eigenvalue weighted by Gasteiger charge is -2.07. The van der Waals surface area contributed by atoms with Gasteiger partial charge in [0.15, 0.2) is 0 Å². The number of alkyl halides is 2. The van der Waals surface area contributed by atoms with Gasteiger partial charge in [0.25, 0.3) is 6.43 Å². The maximum atomic E-state index is 11.7. The van der Waals surface area contributed by atoms with Crippen LogP contribution in [0.3, 0.4) is 0 Å². The van der Waals surface area contributed by atoms with E-state index in [2.05, 4.69) is 10.1 Å². The molecule has 7 heteroatoms. The Morgan fingerprint density at radius 2 is 2.24 bits per heavy atom. The monoisotopic (exact) mass is 264 g/mol. The van der Waals surface area contributed by atoms with Crippen molar-refractivity contribution in [1.29, 1.82) is 0 Å². The minimum absolute atomic E-state index is 0.318. The van der Waals surface area contributed by atoms with Gasteiger partial charge in [-0.15, -0.1) is 0 Å². The van der Waals surface area contributed by atoms with Crippen LogP contribution < -0.4 is 11.1 Å². The first-order chi connectivity index (χ1) is 7.99. The predicted molar refractivity (Wildman–Crippen MR) is 61.3 cm³/mol. The van der Waals surface area contributed by atoms with Crippen LogP contribution in [0.25, 0.3) is 0 Å². The molecule has 1 aromatic rings. The second-order valence-electron chi connectivity index (χ2n) is 3.19. The number of nitrogens with one attached hydrogen (secondary N) is 1. The number of amides is 1. The molecule has 0 aliphatic carbocycles. The quantitative estimate of drug-likeness (QED) is 0.801. The van der Waals surface area contributed by atoms with E-state index in [1.807, 2.05) is 0 Å². The zero-order chi connectivity index (χ0) is 12.8. The molecule has 0 radical (unpaired) electrons. The molecule has 0 spiro atoms. The topological polar surface area (TPSA) is 64.3 Å². The minimum Gasteiger partial charge on any atom is -0.397 e. The molecule has 17 heavy (non-hydrogen) atoms. The highest BCUT2D eigenvalue weighted by molar-refractivity contribution is 6.33. The lowest BCUT2D eigenvalue weighted by atomic mass is 10.3. The first-order valence-corrected chi connectivity index (χ1v) is 5.07. The van der Waals surface area contributed by atoms with E-state index in [4.69, 9.17) is 17.3 Å². The molecule has 0 atom stereocenters. The van der Waals surface area contributed by atoms with Gasteiger partial charge in [0.05, 0.1) is 10.7 Å². The number of benzene rings is 1. The van der Waals surface area contributed by atoms with Crippen molar-refractivity contribution in [2.24, 2.45) is 0 Å². The predicted octanol–water partition coefficient (Wildman–Crippen LogP) is 2.14. The molecule has 0 aliphatic heterocycles. The first kappa shape index (κ1) is 13.7. The number of nitrogen functional groups attached to an aromatic ring is 1. The summed E-state index contributed by atoms with van der Waals surface area (Å²) in [5.74, 6) is -0.535. The van der Waals surface area contributed by atoms with Crippen LogP contribution in [0.2, 0.25) is 5.02 Å². The van der Waals surface area contributed by atoms with Crippen LogP contribution in [0.1, 0.15) is 0 Å². The number of halogens is 3. The maximum Gasteiger partial charge on any atom is 0.261 e. The van der Waals surface area contributed by atoms with E-state index < -0.39 is 25.5 Å². The summed E-state index contributed by atoms with van der Waals surface area (Å²) in [6.45, 7) is -1.21. The van der Waals surface area contributed by atoms with Gasteiger partial charge in [-0.1, -0.05) is 11.6 Å². The van der Waals surface area contributed by atoms with Gasteiger partial charge in [-0.05, 0) is 18.2 Å². The van der Waals surface area contributed by atoms with Crippen molar-refractivity contribution in [3.8, 4) is 0 Å². The molecular weight excluding hydrogens is 254 g/mol. The van der Waals surface area contributed by atoms with E-state index >= 15 is 0 Å². The Bertz CT molecular complexity index is 402. The van der Waals surface area contributed by atoms with E-state index in [1.165, 1.54) is 12.1 Å². The molecule has 3 N–H and O–H groups in total. The van der Waals surface area contributed by atoms with Crippen molar-refractivity contribution in [3.63, 3.8) is 0 Å². The number of carbonyl (C=O) groups is 1. The van der Waals surface area contributed by atoms with Gasteiger partial charge in [-0.3, -0.25) is 4.79 Å². The highest BCUT2D eigenvalue weighted by Gasteiger charge is 2.07. The lowest BCUT2D eigenvalue weighted by molar-refractivity contribution is -0.121. The number of hydrogen-bond donors (Lipinski definition) is 2. The summed E-state index contributed by atoms with van der Waals surface area (Å²) in [6.07, 6.45) is -2.59. The van der Waals surface area contributed by atoms with Crippen LogP contribution in [0.4, 0.5) is 20.2 Å². The Kier molecular flexibility index (Phi) is 5.11. The highest BCUT2D eigenvalue weighted by Crippen LogP contribution is 2.22. The molecule has 0 aliphatic rings. The summed E-state index contributed by atoms with van der Waals surface area (Å²) in [4.78, 5) is 11.2. The standard InChI is InChI=1S/C10H11ClF2N2O2/c11-7-2-1-6(3-8(7)14)15-10(16)5-17-4-9(12)13/h1-3,9H,4-5,14H2,(H,15,16). The second kappa shape index (κ2) is 6.36. The Morgan fingerprint density at radius 1 is 1.53 bits per heavy atom. The Morgan fingerprint density at radius 3 is 2.82 bits per heavy atom. The minimum atomic E-state index is -2.59. The van der Waals surface area contributed by atoms with Gasteiger partial charge in [-0.2, -0.15) is 0 Å². The Hall–Kier alpha value is -1.40. The van der Waals surface area contributed by atoms with Crippen molar-refractivity contribution >= 4 is 28.9 Å². The third-order valence-electron chi connectivity index (χ3n) is 1.76. The molecule has 1 aromatic carbocycles. The SMILES string of the molecule is Nc1cc(NC(=O)COCC(F)F)ccc1Cl. The fourth-order valence-corrected chi connectivity index (χ4v) is 1.18. The molecule has 0 aromatic heterocycles. The van der Waals surface area contributed by atoms with Crippen molar-refractivity contribution in [2.75, 3.05) is 24.3 Å². The van der Waals surface area contributed by atoms with Gasteiger partial charge < -0.3 is 15.8 Å². The van der Waals surface area contributed by atoms with E-state index in [-0.39, 0.29) is 0 Å². The Balaban J connectivity index is 2.42. The summed E-state index contributed by atoms with van der Waals surface area (Å²) in [7, 11) is 0. The molecule has 0 fully saturated rings. The zero-order valence-corrected chi connectivity index (χ0v) is 9.51. The fourth-order valence-electron chi connectivity index (χ4n) is 1.06. The molecule has 4 nitrogen and oxygen atoms in total. The largest absolute Gasteiger partial charge is 0.397 e. The van der Waals surface area contributed by atoms with Crippen LogP contribution in [0.5, 0.6) is 0 Å². The molecule has 0 saturated heterocycles. The summed E-state index contributed by atoms with van der Waals surface area (Å²) in [6, 6.07) is 4.53. The second-order valence-corrected chi connectivity index (χ2v) is 3.60. The van der Waals surface area contributed by atoms with Crippen LogP contribution in [0, 0.1) is 0 Å². The summed E-state index contributed by atoms with van der Waals surface area (Å²) in [5, 5.41) is 2.81. The molecule has 0 saturated carbocycles. The fraction of sp³-hybridized carbons (Fsp3) is 0.300. The summed E-state index contributed by atoms with van der Waals surface area (Å²) < 4.78 is 27.9. The molecule has 0 unspecified atom stereocenters. The number of hydrogen-bond acceptors (Lipinski definition) is 3. The zero-order valence-electron chi connectivity index (χ0n) is 8.75. The van der Waals surface area contributed by atoms with Crippen LogP contribution >= 0.6 is 11.6 Å². The number of anilines is 2. The van der Waals surface area contributed by atoms with Gasteiger partial charge in [0, 0.05) is 5.69 Å². The van der Waals surface area contributed by atoms with E-state index in [0.29, 0.717) is 16.4 Å². The number of rotatable bonds is 5. The first-order valence-electron chi connectivity index (χ1n) is 4.70. The van der Waals surface area contributed by atoms with Crippen LogP contribution in [-0.4, -0.2) is 25.5 Å². The van der Waals surface area contributed by atoms with Crippen molar-refractivity contribution in [1.82, 2.24) is 0 Å². The van der Waals surface area contributed by atoms with E-state index in [0.717, 1.165) is 0 Å². The molecule has 0 heterocycles. The third-order valence-corrected chi connectivity index (χ3v) is 2.10.